The summed E-state index contributed by atoms with van der Waals surface area (Å²) < 4.78 is 16.2. The summed E-state index contributed by atoms with van der Waals surface area (Å²) >= 11 is 0. The molecule has 3 aromatic rings. The molecule has 1 aliphatic heterocycles. The number of benzene rings is 2. The second-order valence-electron chi connectivity index (χ2n) is 11.5. The van der Waals surface area contributed by atoms with Gasteiger partial charge in [-0.25, -0.2) is 9.78 Å². The average Bonchev–Trinajstić information content (AvgIpc) is 3.10. The van der Waals surface area contributed by atoms with E-state index in [0.717, 1.165) is 0 Å². The minimum absolute atomic E-state index is 0.0427. The van der Waals surface area contributed by atoms with Crippen molar-refractivity contribution < 1.29 is 33.4 Å². The molecule has 0 radical (unpaired) electrons. The van der Waals surface area contributed by atoms with Gasteiger partial charge in [0.15, 0.2) is 11.6 Å². The summed E-state index contributed by atoms with van der Waals surface area (Å²) in [5.41, 5.74) is 1.25. The quantitative estimate of drug-likeness (QED) is 0.182. The fraction of sp³-hybridized carbons (Fsp3) is 0.343. The third-order valence-corrected chi connectivity index (χ3v) is 6.70. The molecule has 240 valence electrons. The molecule has 11 nitrogen and oxygen atoms in total. The third-order valence-electron chi connectivity index (χ3n) is 6.70. The summed E-state index contributed by atoms with van der Waals surface area (Å²) in [6, 6.07) is 17.0. The monoisotopic (exact) mass is 626 g/mol. The summed E-state index contributed by atoms with van der Waals surface area (Å²) in [6.07, 6.45) is 1.18. The summed E-state index contributed by atoms with van der Waals surface area (Å²) in [5, 5.41) is 2.60. The van der Waals surface area contributed by atoms with Gasteiger partial charge in [-0.15, -0.1) is 0 Å². The van der Waals surface area contributed by atoms with Gasteiger partial charge < -0.3 is 19.1 Å². The highest BCUT2D eigenvalue weighted by Gasteiger charge is 2.35. The fourth-order valence-electron chi connectivity index (χ4n) is 4.72. The molecule has 2 heterocycles. The Kier molecular flexibility index (Phi) is 11.0. The molecule has 1 atom stereocenters. The number of ether oxygens (including phenoxy) is 3. The van der Waals surface area contributed by atoms with E-state index in [1.54, 1.807) is 77.1 Å². The third kappa shape index (κ3) is 8.85. The summed E-state index contributed by atoms with van der Waals surface area (Å²) in [4.78, 5) is 59.0. The lowest BCUT2D eigenvalue weighted by Crippen LogP contribution is -2.43. The lowest BCUT2D eigenvalue weighted by molar-refractivity contribution is -0.144. The molecule has 1 aliphatic rings. The van der Waals surface area contributed by atoms with E-state index in [4.69, 9.17) is 14.2 Å². The van der Waals surface area contributed by atoms with Crippen molar-refractivity contribution in [3.8, 4) is 17.6 Å². The molecule has 0 bridgehead atoms. The molecule has 3 amide bonds. The Morgan fingerprint density at radius 3 is 2.54 bits per heavy atom. The van der Waals surface area contributed by atoms with Gasteiger partial charge in [-0.05, 0) is 77.1 Å². The van der Waals surface area contributed by atoms with Crippen LogP contribution in [0.5, 0.6) is 5.75 Å². The molecule has 0 spiro atoms. The average molecular weight is 627 g/mol. The highest BCUT2D eigenvalue weighted by molar-refractivity contribution is 6.13. The Morgan fingerprint density at radius 1 is 1.07 bits per heavy atom. The zero-order valence-corrected chi connectivity index (χ0v) is 26.7. The molecule has 0 saturated carbocycles. The number of rotatable bonds is 9. The predicted molar refractivity (Wildman–Crippen MR) is 173 cm³/mol. The van der Waals surface area contributed by atoms with Crippen LogP contribution in [0.15, 0.2) is 66.9 Å². The van der Waals surface area contributed by atoms with Crippen molar-refractivity contribution in [1.29, 1.82) is 0 Å². The van der Waals surface area contributed by atoms with Crippen molar-refractivity contribution in [3.63, 3.8) is 0 Å². The van der Waals surface area contributed by atoms with E-state index in [1.807, 2.05) is 18.2 Å². The number of amides is 3. The Hall–Kier alpha value is -5.37. The summed E-state index contributed by atoms with van der Waals surface area (Å²) in [6.45, 7) is 8.96. The maximum atomic E-state index is 13.9. The van der Waals surface area contributed by atoms with Crippen LogP contribution in [-0.4, -0.2) is 65.2 Å². The van der Waals surface area contributed by atoms with Crippen LogP contribution in [0.3, 0.4) is 0 Å². The number of pyridine rings is 1. The lowest BCUT2D eigenvalue weighted by Gasteiger charge is -2.27. The second kappa shape index (κ2) is 15.1. The molecule has 1 unspecified atom stereocenters. The van der Waals surface area contributed by atoms with Crippen molar-refractivity contribution in [1.82, 2.24) is 9.88 Å². The van der Waals surface area contributed by atoms with Gasteiger partial charge in [-0.2, -0.15) is 0 Å². The number of nitrogens with zero attached hydrogens (tertiary/aromatic N) is 3. The smallest absolute Gasteiger partial charge is 0.413 e. The van der Waals surface area contributed by atoms with Gasteiger partial charge >= 0.3 is 12.1 Å². The van der Waals surface area contributed by atoms with Gasteiger partial charge in [0.2, 0.25) is 0 Å². The maximum absolute atomic E-state index is 13.9. The first-order chi connectivity index (χ1) is 22.0. The van der Waals surface area contributed by atoms with E-state index in [1.165, 1.54) is 16.0 Å². The second-order valence-corrected chi connectivity index (χ2v) is 11.5. The van der Waals surface area contributed by atoms with Crippen LogP contribution in [0.1, 0.15) is 63.4 Å². The van der Waals surface area contributed by atoms with E-state index < -0.39 is 23.7 Å². The zero-order valence-electron chi connectivity index (χ0n) is 26.7. The largest absolute Gasteiger partial charge is 0.489 e. The van der Waals surface area contributed by atoms with Gasteiger partial charge in [0.1, 0.15) is 12.1 Å². The minimum atomic E-state index is -0.662. The Labute approximate surface area is 268 Å². The highest BCUT2D eigenvalue weighted by Crippen LogP contribution is 2.34. The van der Waals surface area contributed by atoms with Crippen molar-refractivity contribution in [2.24, 2.45) is 0 Å². The van der Waals surface area contributed by atoms with Crippen LogP contribution in [0.25, 0.3) is 0 Å². The number of aromatic nitrogens is 1. The molecule has 1 aromatic heterocycles. The first-order valence-electron chi connectivity index (χ1n) is 15.0. The predicted octanol–water partition coefficient (Wildman–Crippen LogP) is 5.71. The van der Waals surface area contributed by atoms with Gasteiger partial charge in [0.05, 0.1) is 30.9 Å². The number of fused-ring (bicyclic) bond motifs is 1. The van der Waals surface area contributed by atoms with E-state index in [0.29, 0.717) is 34.7 Å². The summed E-state index contributed by atoms with van der Waals surface area (Å²) in [5.74, 6) is 5.59. The molecule has 11 heteroatoms. The highest BCUT2D eigenvalue weighted by atomic mass is 16.6. The SMILES string of the molecule is CCOC(=O)CC(C)N1CC(=O)N(c2ccccc2)c2ccc(C#CCCOc3cccnc3NC(=O)OC(C)(C)C)cc2C1=O. The van der Waals surface area contributed by atoms with E-state index in [-0.39, 0.29) is 43.8 Å². The fourth-order valence-corrected chi connectivity index (χ4v) is 4.72. The van der Waals surface area contributed by atoms with E-state index in [9.17, 15) is 19.2 Å². The van der Waals surface area contributed by atoms with E-state index in [2.05, 4.69) is 22.1 Å². The van der Waals surface area contributed by atoms with Gasteiger partial charge in [0, 0.05) is 29.9 Å². The van der Waals surface area contributed by atoms with Crippen LogP contribution in [0.2, 0.25) is 0 Å². The Bertz CT molecular complexity index is 1640. The topological polar surface area (TPSA) is 127 Å². The number of anilines is 3. The van der Waals surface area contributed by atoms with Crippen LogP contribution < -0.4 is 15.0 Å². The maximum Gasteiger partial charge on any atom is 0.413 e. The molecular formula is C35H38N4O7. The zero-order chi connectivity index (χ0) is 33.3. The number of para-hydroxylation sites is 1. The van der Waals surface area contributed by atoms with Crippen LogP contribution >= 0.6 is 0 Å². The first kappa shape index (κ1) is 33.5. The van der Waals surface area contributed by atoms with Crippen molar-refractivity contribution in [3.05, 3.63) is 78.0 Å². The van der Waals surface area contributed by atoms with Crippen LogP contribution in [0.4, 0.5) is 22.0 Å². The molecule has 2 aromatic carbocycles. The molecular weight excluding hydrogens is 588 g/mol. The molecule has 0 saturated heterocycles. The number of carbonyl (C=O) groups excluding carboxylic acids is 4. The lowest BCUT2D eigenvalue weighted by atomic mass is 10.1. The Balaban J connectivity index is 1.53. The number of carbonyl (C=O) groups is 4. The van der Waals surface area contributed by atoms with Crippen molar-refractivity contribution >= 4 is 41.1 Å². The minimum Gasteiger partial charge on any atom is -0.489 e. The molecule has 0 aliphatic carbocycles. The molecule has 0 fully saturated rings. The normalized spacial score (nSPS) is 13.5. The molecule has 46 heavy (non-hydrogen) atoms. The van der Waals surface area contributed by atoms with Crippen molar-refractivity contribution in [2.75, 3.05) is 30.0 Å². The van der Waals surface area contributed by atoms with Crippen LogP contribution in [-0.2, 0) is 19.1 Å². The van der Waals surface area contributed by atoms with Gasteiger partial charge in [0.25, 0.3) is 11.8 Å². The number of hydrogen-bond acceptors (Lipinski definition) is 8. The molecule has 4 rings (SSSR count). The van der Waals surface area contributed by atoms with Gasteiger partial charge in [-0.1, -0.05) is 30.0 Å². The number of esters is 1. The van der Waals surface area contributed by atoms with E-state index >= 15 is 0 Å². The van der Waals surface area contributed by atoms with Crippen LogP contribution in [0, 0.1) is 11.8 Å². The number of hydrogen-bond donors (Lipinski definition) is 1. The first-order valence-corrected chi connectivity index (χ1v) is 15.0. The molecule has 1 N–H and O–H groups in total. The number of nitrogens with one attached hydrogen (secondary N) is 1. The van der Waals surface area contributed by atoms with Gasteiger partial charge in [-0.3, -0.25) is 24.6 Å². The van der Waals surface area contributed by atoms with Crippen molar-refractivity contribution in [2.45, 2.75) is 59.1 Å². The summed E-state index contributed by atoms with van der Waals surface area (Å²) in [7, 11) is 0. The standard InChI is InChI=1S/C35H38N4O7/c1-6-44-31(41)21-24(2)38-23-30(40)39(26-14-8-7-9-15-26)28-18-17-25(22-27(28)33(38)42)13-10-11-20-45-29-16-12-19-36-32(29)37-34(43)46-35(3,4)5/h7-9,12,14-19,22,24H,6,11,20-21,23H2,1-5H3,(H,36,37,43). The Morgan fingerprint density at radius 2 is 1.83 bits per heavy atom.